The molecular weight excluding hydrogens is 364 g/mol. The van der Waals surface area contributed by atoms with Crippen LogP contribution < -0.4 is 10.1 Å². The van der Waals surface area contributed by atoms with Gasteiger partial charge >= 0.3 is 6.18 Å². The molecule has 0 saturated heterocycles. The molecule has 146 valence electrons. The molecule has 0 fully saturated rings. The van der Waals surface area contributed by atoms with E-state index >= 15 is 0 Å². The van der Waals surface area contributed by atoms with Gasteiger partial charge in [-0.2, -0.15) is 13.2 Å². The van der Waals surface area contributed by atoms with E-state index in [0.29, 0.717) is 12.1 Å². The number of likely N-dealkylation sites (N-methyl/N-ethyl adjacent to an activating group) is 1. The second kappa shape index (κ2) is 8.39. The molecule has 0 saturated carbocycles. The van der Waals surface area contributed by atoms with Crippen molar-refractivity contribution < 1.29 is 27.1 Å². The summed E-state index contributed by atoms with van der Waals surface area (Å²) in [6.07, 6.45) is -4.43. The van der Waals surface area contributed by atoms with E-state index in [0.717, 1.165) is 12.1 Å². The van der Waals surface area contributed by atoms with Gasteiger partial charge in [-0.3, -0.25) is 9.69 Å². The number of benzene rings is 2. The first-order valence-electron chi connectivity index (χ1n) is 8.12. The number of ether oxygens (including phenoxy) is 1. The van der Waals surface area contributed by atoms with Crippen molar-refractivity contribution in [2.75, 3.05) is 19.5 Å². The summed E-state index contributed by atoms with van der Waals surface area (Å²) < 4.78 is 56.3. The number of hydrogen-bond acceptors (Lipinski definition) is 3. The van der Waals surface area contributed by atoms with Gasteiger partial charge in [-0.25, -0.2) is 4.39 Å². The van der Waals surface area contributed by atoms with Gasteiger partial charge in [0.25, 0.3) is 0 Å². The fraction of sp³-hybridized carbons (Fsp3) is 0.316. The highest BCUT2D eigenvalue weighted by Gasteiger charge is 2.30. The molecule has 0 aromatic heterocycles. The van der Waals surface area contributed by atoms with Crippen molar-refractivity contribution in [3.8, 4) is 5.75 Å². The van der Waals surface area contributed by atoms with Crippen LogP contribution in [0, 0.1) is 5.82 Å². The lowest BCUT2D eigenvalue weighted by Crippen LogP contribution is -2.39. The average molecular weight is 384 g/mol. The average Bonchev–Trinajstić information content (AvgIpc) is 2.60. The number of methoxy groups -OCH3 is 1. The summed E-state index contributed by atoms with van der Waals surface area (Å²) in [5, 5.41) is 2.57. The molecule has 4 nitrogen and oxygen atoms in total. The number of hydrogen-bond donors (Lipinski definition) is 1. The van der Waals surface area contributed by atoms with Gasteiger partial charge in [0, 0.05) is 12.2 Å². The second-order valence-electron chi connectivity index (χ2n) is 6.12. The number of anilines is 1. The maximum Gasteiger partial charge on any atom is 0.416 e. The fourth-order valence-electron chi connectivity index (χ4n) is 2.42. The number of amides is 1. The Balaban J connectivity index is 1.98. The van der Waals surface area contributed by atoms with Gasteiger partial charge in [0.05, 0.1) is 18.7 Å². The van der Waals surface area contributed by atoms with Gasteiger partial charge in [0.15, 0.2) is 11.6 Å². The van der Waals surface area contributed by atoms with Crippen molar-refractivity contribution in [2.45, 2.75) is 25.7 Å². The zero-order valence-electron chi connectivity index (χ0n) is 15.1. The summed E-state index contributed by atoms with van der Waals surface area (Å²) in [5.74, 6) is -0.744. The van der Waals surface area contributed by atoms with Crippen LogP contribution in [0.2, 0.25) is 0 Å². The minimum absolute atomic E-state index is 0.134. The van der Waals surface area contributed by atoms with Crippen LogP contribution in [-0.2, 0) is 17.5 Å². The van der Waals surface area contributed by atoms with Crippen molar-refractivity contribution in [1.82, 2.24) is 4.90 Å². The Kier molecular flexibility index (Phi) is 6.43. The Morgan fingerprint density at radius 1 is 1.19 bits per heavy atom. The Bertz CT molecular complexity index is 791. The Labute approximate surface area is 154 Å². The summed E-state index contributed by atoms with van der Waals surface area (Å²) in [4.78, 5) is 14.0. The third-order valence-corrected chi connectivity index (χ3v) is 4.17. The molecule has 8 heteroatoms. The summed E-state index contributed by atoms with van der Waals surface area (Å²) in [6.45, 7) is 1.96. The zero-order valence-corrected chi connectivity index (χ0v) is 15.1. The Morgan fingerprint density at radius 2 is 1.81 bits per heavy atom. The van der Waals surface area contributed by atoms with Gasteiger partial charge in [0.1, 0.15) is 0 Å². The van der Waals surface area contributed by atoms with E-state index in [1.807, 2.05) is 0 Å². The highest BCUT2D eigenvalue weighted by molar-refractivity contribution is 5.94. The lowest BCUT2D eigenvalue weighted by molar-refractivity contribution is -0.137. The molecule has 1 unspecified atom stereocenters. The molecule has 1 N–H and O–H groups in total. The van der Waals surface area contributed by atoms with E-state index in [1.165, 1.54) is 31.4 Å². The third-order valence-electron chi connectivity index (χ3n) is 4.17. The number of nitrogens with one attached hydrogen (secondary N) is 1. The minimum atomic E-state index is -4.43. The SMILES string of the molecule is COc1ccc(CN(C)C(C)C(=O)Nc2ccc(C(F)(F)F)cc2)cc1F. The molecule has 2 aromatic carbocycles. The minimum Gasteiger partial charge on any atom is -0.494 e. The van der Waals surface area contributed by atoms with Crippen LogP contribution in [0.4, 0.5) is 23.2 Å². The molecule has 0 aliphatic carbocycles. The number of rotatable bonds is 6. The van der Waals surface area contributed by atoms with Crippen LogP contribution in [0.15, 0.2) is 42.5 Å². The van der Waals surface area contributed by atoms with Crippen molar-refractivity contribution in [2.24, 2.45) is 0 Å². The smallest absolute Gasteiger partial charge is 0.416 e. The van der Waals surface area contributed by atoms with Crippen LogP contribution in [0.5, 0.6) is 5.75 Å². The summed E-state index contributed by atoms with van der Waals surface area (Å²) in [6, 6.07) is 8.16. The van der Waals surface area contributed by atoms with Crippen molar-refractivity contribution in [1.29, 1.82) is 0 Å². The van der Waals surface area contributed by atoms with E-state index < -0.39 is 23.6 Å². The van der Waals surface area contributed by atoms with Crippen LogP contribution in [0.1, 0.15) is 18.1 Å². The normalized spacial score (nSPS) is 12.7. The van der Waals surface area contributed by atoms with E-state index in [-0.39, 0.29) is 17.3 Å². The quantitative estimate of drug-likeness (QED) is 0.755. The number of carbonyl (C=O) groups excluding carboxylic acids is 1. The molecule has 1 atom stereocenters. The first kappa shape index (κ1) is 20.7. The molecule has 0 radical (unpaired) electrons. The standard InChI is InChI=1S/C19H20F4N2O2/c1-12(25(2)11-13-4-9-17(27-3)16(20)10-13)18(26)24-15-7-5-14(6-8-15)19(21,22)23/h4-10,12H,11H2,1-3H3,(H,24,26). The van der Waals surface area contributed by atoms with E-state index in [1.54, 1.807) is 24.9 Å². The first-order chi connectivity index (χ1) is 12.6. The molecule has 0 aliphatic heterocycles. The van der Waals surface area contributed by atoms with Crippen LogP contribution >= 0.6 is 0 Å². The monoisotopic (exact) mass is 384 g/mol. The Hall–Kier alpha value is -2.61. The first-order valence-corrected chi connectivity index (χ1v) is 8.12. The van der Waals surface area contributed by atoms with Crippen molar-refractivity contribution >= 4 is 11.6 Å². The van der Waals surface area contributed by atoms with Gasteiger partial charge < -0.3 is 10.1 Å². The molecular formula is C19H20F4N2O2. The molecule has 0 heterocycles. The predicted octanol–water partition coefficient (Wildman–Crippen LogP) is 4.31. The Morgan fingerprint density at radius 3 is 2.33 bits per heavy atom. The van der Waals surface area contributed by atoms with Crippen molar-refractivity contribution in [3.05, 3.63) is 59.4 Å². The summed E-state index contributed by atoms with van der Waals surface area (Å²) in [5.41, 5.74) is 0.140. The van der Waals surface area contributed by atoms with Gasteiger partial charge in [-0.05, 0) is 55.9 Å². The lowest BCUT2D eigenvalue weighted by atomic mass is 10.1. The number of carbonyl (C=O) groups is 1. The summed E-state index contributed by atoms with van der Waals surface area (Å²) in [7, 11) is 3.07. The molecule has 0 bridgehead atoms. The molecule has 1 amide bonds. The number of alkyl halides is 3. The van der Waals surface area contributed by atoms with Crippen LogP contribution in [-0.4, -0.2) is 31.0 Å². The fourth-order valence-corrected chi connectivity index (χ4v) is 2.42. The lowest BCUT2D eigenvalue weighted by Gasteiger charge is -2.24. The van der Waals surface area contributed by atoms with Gasteiger partial charge in [0.2, 0.25) is 5.91 Å². The molecule has 0 aliphatic rings. The number of halogens is 4. The van der Waals surface area contributed by atoms with E-state index in [4.69, 9.17) is 4.74 Å². The van der Waals surface area contributed by atoms with Crippen LogP contribution in [0.25, 0.3) is 0 Å². The molecule has 27 heavy (non-hydrogen) atoms. The van der Waals surface area contributed by atoms with E-state index in [9.17, 15) is 22.4 Å². The molecule has 2 rings (SSSR count). The highest BCUT2D eigenvalue weighted by atomic mass is 19.4. The number of nitrogens with zero attached hydrogens (tertiary/aromatic N) is 1. The van der Waals surface area contributed by atoms with Gasteiger partial charge in [-0.15, -0.1) is 0 Å². The largest absolute Gasteiger partial charge is 0.494 e. The topological polar surface area (TPSA) is 41.6 Å². The zero-order chi connectivity index (χ0) is 20.2. The van der Waals surface area contributed by atoms with Crippen LogP contribution in [0.3, 0.4) is 0 Å². The van der Waals surface area contributed by atoms with Gasteiger partial charge in [-0.1, -0.05) is 6.07 Å². The highest BCUT2D eigenvalue weighted by Crippen LogP contribution is 2.29. The maximum absolute atomic E-state index is 13.8. The second-order valence-corrected chi connectivity index (χ2v) is 6.12. The molecule has 2 aromatic rings. The van der Waals surface area contributed by atoms with Crippen molar-refractivity contribution in [3.63, 3.8) is 0 Å². The maximum atomic E-state index is 13.8. The molecule has 0 spiro atoms. The third kappa shape index (κ3) is 5.43. The predicted molar refractivity (Wildman–Crippen MR) is 94.0 cm³/mol. The summed E-state index contributed by atoms with van der Waals surface area (Å²) >= 11 is 0. The van der Waals surface area contributed by atoms with E-state index in [2.05, 4.69) is 5.32 Å².